The van der Waals surface area contributed by atoms with Gasteiger partial charge in [-0.15, -0.1) is 0 Å². The van der Waals surface area contributed by atoms with Gasteiger partial charge in [0.15, 0.2) is 11.5 Å². The normalized spacial score (nSPS) is 11.6. The van der Waals surface area contributed by atoms with Crippen molar-refractivity contribution in [2.24, 2.45) is 0 Å². The van der Waals surface area contributed by atoms with E-state index in [1.807, 2.05) is 0 Å². The number of nitrogens with one attached hydrogen (secondary N) is 1. The number of benzene rings is 2. The topological polar surface area (TPSA) is 77.0 Å². The standard InChI is InChI=1S/C19H22ClNO5/c1-24-16-8-12(9-17(25-2)19(16)26-3)10-18(23)21-11-15(22)13-4-6-14(20)7-5-13/h4-9,15,22H,10-11H2,1-3H3,(H,21,23)/t15-/m0/s1. The molecule has 0 unspecified atom stereocenters. The summed E-state index contributed by atoms with van der Waals surface area (Å²) in [7, 11) is 4.55. The fourth-order valence-corrected chi connectivity index (χ4v) is 2.62. The molecule has 2 rings (SSSR count). The molecule has 0 saturated heterocycles. The predicted molar refractivity (Wildman–Crippen MR) is 99.2 cm³/mol. The van der Waals surface area contributed by atoms with E-state index in [1.54, 1.807) is 36.4 Å². The largest absolute Gasteiger partial charge is 0.493 e. The number of ether oxygens (including phenoxy) is 3. The van der Waals surface area contributed by atoms with Crippen LogP contribution < -0.4 is 19.5 Å². The summed E-state index contributed by atoms with van der Waals surface area (Å²) in [6, 6.07) is 10.3. The molecular formula is C19H22ClNO5. The van der Waals surface area contributed by atoms with Crippen molar-refractivity contribution in [2.45, 2.75) is 12.5 Å². The minimum atomic E-state index is -0.809. The number of hydrogen-bond donors (Lipinski definition) is 2. The number of amides is 1. The van der Waals surface area contributed by atoms with Crippen LogP contribution >= 0.6 is 11.6 Å². The molecular weight excluding hydrogens is 358 g/mol. The van der Waals surface area contributed by atoms with Crippen molar-refractivity contribution in [3.8, 4) is 17.2 Å². The van der Waals surface area contributed by atoms with Crippen LogP contribution in [0.3, 0.4) is 0 Å². The molecule has 26 heavy (non-hydrogen) atoms. The van der Waals surface area contributed by atoms with Crippen LogP contribution in [-0.2, 0) is 11.2 Å². The van der Waals surface area contributed by atoms with Crippen LogP contribution in [0.25, 0.3) is 0 Å². The van der Waals surface area contributed by atoms with Gasteiger partial charge in [0.1, 0.15) is 0 Å². The molecule has 1 atom stereocenters. The van der Waals surface area contributed by atoms with Gasteiger partial charge in [-0.25, -0.2) is 0 Å². The van der Waals surface area contributed by atoms with Crippen LogP contribution in [0.4, 0.5) is 0 Å². The summed E-state index contributed by atoms with van der Waals surface area (Å²) in [5.74, 6) is 1.20. The Morgan fingerprint density at radius 1 is 1.08 bits per heavy atom. The Morgan fingerprint density at radius 2 is 1.65 bits per heavy atom. The van der Waals surface area contributed by atoms with Crippen molar-refractivity contribution in [3.63, 3.8) is 0 Å². The van der Waals surface area contributed by atoms with Crippen molar-refractivity contribution in [1.29, 1.82) is 0 Å². The number of rotatable bonds is 8. The molecule has 2 aromatic rings. The Bertz CT molecular complexity index is 723. The summed E-state index contributed by atoms with van der Waals surface area (Å²) >= 11 is 5.82. The van der Waals surface area contributed by atoms with Crippen LogP contribution in [0, 0.1) is 0 Å². The molecule has 0 spiro atoms. The number of aliphatic hydroxyl groups is 1. The molecule has 0 aliphatic carbocycles. The second-order valence-electron chi connectivity index (χ2n) is 5.58. The van der Waals surface area contributed by atoms with Gasteiger partial charge in [0.05, 0.1) is 33.9 Å². The van der Waals surface area contributed by atoms with Crippen molar-refractivity contribution in [1.82, 2.24) is 5.32 Å². The van der Waals surface area contributed by atoms with Crippen LogP contribution in [0.15, 0.2) is 36.4 Å². The lowest BCUT2D eigenvalue weighted by Crippen LogP contribution is -2.29. The maximum atomic E-state index is 12.2. The fraction of sp³-hybridized carbons (Fsp3) is 0.316. The van der Waals surface area contributed by atoms with Gasteiger partial charge in [-0.1, -0.05) is 23.7 Å². The fourth-order valence-electron chi connectivity index (χ4n) is 2.50. The highest BCUT2D eigenvalue weighted by molar-refractivity contribution is 6.30. The molecule has 0 aromatic heterocycles. The monoisotopic (exact) mass is 379 g/mol. The van der Waals surface area contributed by atoms with Crippen molar-refractivity contribution in [2.75, 3.05) is 27.9 Å². The zero-order valence-corrected chi connectivity index (χ0v) is 15.7. The Labute approximate surface area is 157 Å². The molecule has 0 radical (unpaired) electrons. The summed E-state index contributed by atoms with van der Waals surface area (Å²) < 4.78 is 15.8. The van der Waals surface area contributed by atoms with E-state index in [0.717, 1.165) is 0 Å². The SMILES string of the molecule is COc1cc(CC(=O)NC[C@H](O)c2ccc(Cl)cc2)cc(OC)c1OC. The first-order chi connectivity index (χ1) is 12.5. The van der Waals surface area contributed by atoms with Crippen LogP contribution in [0.1, 0.15) is 17.2 Å². The average molecular weight is 380 g/mol. The molecule has 2 N–H and O–H groups in total. The predicted octanol–water partition coefficient (Wildman–Crippen LogP) is 2.76. The second kappa shape index (κ2) is 9.31. The van der Waals surface area contributed by atoms with E-state index < -0.39 is 6.10 Å². The lowest BCUT2D eigenvalue weighted by Gasteiger charge is -2.15. The van der Waals surface area contributed by atoms with E-state index >= 15 is 0 Å². The number of hydrogen-bond acceptors (Lipinski definition) is 5. The molecule has 0 bridgehead atoms. The van der Waals surface area contributed by atoms with Gasteiger partial charge < -0.3 is 24.6 Å². The van der Waals surface area contributed by atoms with Crippen molar-refractivity contribution < 1.29 is 24.1 Å². The molecule has 0 aliphatic heterocycles. The van der Waals surface area contributed by atoms with Gasteiger partial charge >= 0.3 is 0 Å². The lowest BCUT2D eigenvalue weighted by molar-refractivity contribution is -0.120. The zero-order valence-electron chi connectivity index (χ0n) is 14.9. The molecule has 140 valence electrons. The molecule has 0 saturated carbocycles. The van der Waals surface area contributed by atoms with Crippen LogP contribution in [0.5, 0.6) is 17.2 Å². The Morgan fingerprint density at radius 3 is 2.15 bits per heavy atom. The minimum absolute atomic E-state index is 0.102. The molecule has 7 heteroatoms. The Hall–Kier alpha value is -2.44. The van der Waals surface area contributed by atoms with Gasteiger partial charge in [-0.2, -0.15) is 0 Å². The summed E-state index contributed by atoms with van der Waals surface area (Å²) in [6.45, 7) is 0.102. The molecule has 6 nitrogen and oxygen atoms in total. The first kappa shape index (κ1) is 19.9. The maximum absolute atomic E-state index is 12.2. The highest BCUT2D eigenvalue weighted by atomic mass is 35.5. The molecule has 0 heterocycles. The van der Waals surface area contributed by atoms with Crippen LogP contribution in [-0.4, -0.2) is 38.9 Å². The van der Waals surface area contributed by atoms with E-state index in [4.69, 9.17) is 25.8 Å². The van der Waals surface area contributed by atoms with E-state index in [2.05, 4.69) is 5.32 Å². The van der Waals surface area contributed by atoms with Gasteiger partial charge in [0.2, 0.25) is 11.7 Å². The quantitative estimate of drug-likeness (QED) is 0.737. The Kier molecular flexibility index (Phi) is 7.12. The van der Waals surface area contributed by atoms with E-state index in [9.17, 15) is 9.90 Å². The number of aliphatic hydroxyl groups excluding tert-OH is 1. The Balaban J connectivity index is 2.00. The number of carbonyl (C=O) groups is 1. The van der Waals surface area contributed by atoms with E-state index in [0.29, 0.717) is 33.4 Å². The molecule has 1 amide bonds. The van der Waals surface area contributed by atoms with Crippen LogP contribution in [0.2, 0.25) is 5.02 Å². The number of carbonyl (C=O) groups excluding carboxylic acids is 1. The van der Waals surface area contributed by atoms with Crippen molar-refractivity contribution >= 4 is 17.5 Å². The second-order valence-corrected chi connectivity index (χ2v) is 6.02. The maximum Gasteiger partial charge on any atom is 0.224 e. The molecule has 0 fully saturated rings. The lowest BCUT2D eigenvalue weighted by atomic mass is 10.1. The minimum Gasteiger partial charge on any atom is -0.493 e. The third kappa shape index (κ3) is 5.03. The van der Waals surface area contributed by atoms with E-state index in [1.165, 1.54) is 21.3 Å². The average Bonchev–Trinajstić information content (AvgIpc) is 2.65. The summed E-state index contributed by atoms with van der Waals surface area (Å²) in [5.41, 5.74) is 1.39. The number of methoxy groups -OCH3 is 3. The molecule has 0 aliphatic rings. The first-order valence-corrected chi connectivity index (χ1v) is 8.35. The number of halogens is 1. The summed E-state index contributed by atoms with van der Waals surface area (Å²) in [6.07, 6.45) is -0.694. The highest BCUT2D eigenvalue weighted by Gasteiger charge is 2.15. The molecule has 2 aromatic carbocycles. The summed E-state index contributed by atoms with van der Waals surface area (Å²) in [5, 5.41) is 13.4. The van der Waals surface area contributed by atoms with Crippen molar-refractivity contribution in [3.05, 3.63) is 52.5 Å². The first-order valence-electron chi connectivity index (χ1n) is 7.97. The summed E-state index contributed by atoms with van der Waals surface area (Å²) in [4.78, 5) is 12.2. The zero-order chi connectivity index (χ0) is 19.1. The third-order valence-electron chi connectivity index (χ3n) is 3.84. The van der Waals surface area contributed by atoms with E-state index in [-0.39, 0.29) is 18.9 Å². The van der Waals surface area contributed by atoms with Gasteiger partial charge in [0, 0.05) is 11.6 Å². The van der Waals surface area contributed by atoms with Gasteiger partial charge in [0.25, 0.3) is 0 Å². The smallest absolute Gasteiger partial charge is 0.224 e. The van der Waals surface area contributed by atoms with Gasteiger partial charge in [-0.3, -0.25) is 4.79 Å². The highest BCUT2D eigenvalue weighted by Crippen LogP contribution is 2.38. The third-order valence-corrected chi connectivity index (χ3v) is 4.09. The van der Waals surface area contributed by atoms with Gasteiger partial charge in [-0.05, 0) is 35.4 Å².